The number of alkyl halides is 3. The van der Waals surface area contributed by atoms with Crippen molar-refractivity contribution >= 4 is 55.0 Å². The molecule has 2 aliphatic rings. The molecule has 18 heteroatoms. The number of hydrogen-bond donors (Lipinski definition) is 4. The van der Waals surface area contributed by atoms with Gasteiger partial charge in [0.25, 0.3) is 12.3 Å². The summed E-state index contributed by atoms with van der Waals surface area (Å²) in [5.74, 6) is -0.577. The Morgan fingerprint density at radius 3 is 2.61 bits per heavy atom. The van der Waals surface area contributed by atoms with E-state index in [1.807, 2.05) is 6.92 Å². The molecular formula is C23H31F3N6O7PSb. The van der Waals surface area contributed by atoms with Gasteiger partial charge in [0.15, 0.2) is 6.10 Å². The number of aromatic nitrogens is 4. The summed E-state index contributed by atoms with van der Waals surface area (Å²) in [6.07, 6.45) is -3.06. The van der Waals surface area contributed by atoms with Crippen LogP contribution in [0.3, 0.4) is 0 Å². The van der Waals surface area contributed by atoms with Crippen LogP contribution in [0.5, 0.6) is 0 Å². The van der Waals surface area contributed by atoms with Crippen molar-refractivity contribution in [3.05, 3.63) is 35.3 Å². The molecule has 0 bridgehead atoms. The van der Waals surface area contributed by atoms with Crippen molar-refractivity contribution in [3.63, 3.8) is 0 Å². The zero-order valence-corrected chi connectivity index (χ0v) is 25.9. The van der Waals surface area contributed by atoms with Crippen LogP contribution in [0.25, 0.3) is 5.57 Å². The van der Waals surface area contributed by atoms with Crippen molar-refractivity contribution in [2.75, 3.05) is 11.9 Å². The molecule has 4 N–H and O–H groups in total. The molecular weight excluding hydrogens is 682 g/mol. The first-order valence-electron chi connectivity index (χ1n) is 12.3. The van der Waals surface area contributed by atoms with Crippen molar-refractivity contribution in [1.29, 1.82) is 0 Å². The zero-order chi connectivity index (χ0) is 30.3. The Balaban J connectivity index is 0.00000226. The van der Waals surface area contributed by atoms with Crippen LogP contribution in [0.1, 0.15) is 48.1 Å². The molecule has 4 rings (SSSR count). The van der Waals surface area contributed by atoms with Gasteiger partial charge in [0.05, 0.1) is 18.0 Å². The minimum absolute atomic E-state index is 0.0696. The number of amides is 2. The number of allylic oxidation sites excluding steroid dienone is 1. The van der Waals surface area contributed by atoms with Crippen LogP contribution < -0.4 is 10.6 Å². The van der Waals surface area contributed by atoms with E-state index < -0.39 is 52.6 Å². The van der Waals surface area contributed by atoms with Crippen LogP contribution in [0.15, 0.2) is 18.2 Å². The molecule has 0 saturated heterocycles. The molecule has 2 radical (unpaired) electrons. The fraction of sp³-hybridized carbons (Fsp3) is 0.565. The number of rotatable bonds is 12. The van der Waals surface area contributed by atoms with Crippen molar-refractivity contribution in [2.45, 2.75) is 68.6 Å². The molecule has 2 aromatic rings. The summed E-state index contributed by atoms with van der Waals surface area (Å²) in [5.41, 5.74) is 0.639. The first-order chi connectivity index (χ1) is 19.4. The number of nitrogens with zero attached hydrogens (tertiary/aromatic N) is 4. The molecule has 1 fully saturated rings. The van der Waals surface area contributed by atoms with E-state index in [0.717, 1.165) is 17.5 Å². The van der Waals surface area contributed by atoms with Gasteiger partial charge in [0, 0.05) is 25.1 Å². The van der Waals surface area contributed by atoms with Gasteiger partial charge in [-0.1, -0.05) is 0 Å². The maximum atomic E-state index is 14.7. The van der Waals surface area contributed by atoms with Gasteiger partial charge >= 0.3 is 42.6 Å². The van der Waals surface area contributed by atoms with Gasteiger partial charge in [-0.15, -0.1) is 0 Å². The van der Waals surface area contributed by atoms with Gasteiger partial charge < -0.3 is 29.9 Å². The molecule has 0 aromatic carbocycles. The number of carbonyl (C=O) groups excluding carboxylic acids is 2. The second kappa shape index (κ2) is 14.8. The molecule has 2 atom stereocenters. The summed E-state index contributed by atoms with van der Waals surface area (Å²) in [4.78, 5) is 45.4. The van der Waals surface area contributed by atoms with E-state index in [-0.39, 0.29) is 41.5 Å². The molecule has 2 aromatic heterocycles. The van der Waals surface area contributed by atoms with E-state index in [9.17, 15) is 22.8 Å². The van der Waals surface area contributed by atoms with Gasteiger partial charge in [-0.25, -0.2) is 22.6 Å². The first kappa shape index (κ1) is 33.3. The van der Waals surface area contributed by atoms with Crippen LogP contribution in [-0.4, -0.2) is 95.2 Å². The molecule has 0 aliphatic heterocycles. The van der Waals surface area contributed by atoms with Gasteiger partial charge in [0.2, 0.25) is 0 Å². The second-order valence-electron chi connectivity index (χ2n) is 9.40. The van der Waals surface area contributed by atoms with E-state index in [2.05, 4.69) is 25.7 Å². The number of carbonyl (C=O) groups is 2. The monoisotopic (exact) mass is 712 g/mol. The molecule has 2 heterocycles. The fourth-order valence-electron chi connectivity index (χ4n) is 3.83. The molecule has 2 amide bonds. The third-order valence-electron chi connectivity index (χ3n) is 6.09. The maximum absolute atomic E-state index is 14.7. The number of aryl methyl sites for hydroxylation is 1. The number of ether oxygens (including phenoxy) is 2. The van der Waals surface area contributed by atoms with Gasteiger partial charge in [-0.2, -0.15) is 10.2 Å². The van der Waals surface area contributed by atoms with Crippen LogP contribution in [0.2, 0.25) is 4.87 Å². The number of alkyl carbamates (subject to hydrolysis) is 1. The molecule has 2 unspecified atom stereocenters. The number of anilines is 1. The van der Waals surface area contributed by atoms with E-state index in [1.54, 1.807) is 23.0 Å². The molecule has 2 aliphatic carbocycles. The van der Waals surface area contributed by atoms with Crippen molar-refractivity contribution in [3.8, 4) is 0 Å². The van der Waals surface area contributed by atoms with Crippen LogP contribution in [-0.2, 0) is 34.4 Å². The minimum atomic E-state index is -2.74. The number of nitrogens with one attached hydrogen (secondary N) is 2. The Morgan fingerprint density at radius 1 is 1.27 bits per heavy atom. The molecule has 41 heavy (non-hydrogen) atoms. The van der Waals surface area contributed by atoms with Crippen LogP contribution in [0.4, 0.5) is 23.8 Å². The Bertz CT molecular complexity index is 1240. The van der Waals surface area contributed by atoms with E-state index in [1.165, 1.54) is 29.9 Å². The third-order valence-corrected chi connectivity index (χ3v) is 6.43. The Labute approximate surface area is 248 Å². The van der Waals surface area contributed by atoms with E-state index >= 15 is 0 Å². The normalized spacial score (nSPS) is 19.0. The third kappa shape index (κ3) is 9.65. The predicted octanol–water partition coefficient (Wildman–Crippen LogP) is 2.81. The summed E-state index contributed by atoms with van der Waals surface area (Å²) in [5, 5.41) is 13.6. The Kier molecular flexibility index (Phi) is 12.0. The summed E-state index contributed by atoms with van der Waals surface area (Å²) in [7, 11) is -1.26. The van der Waals surface area contributed by atoms with E-state index in [0.29, 0.717) is 5.57 Å². The summed E-state index contributed by atoms with van der Waals surface area (Å²) < 4.78 is 56.6. The first-order valence-corrected chi connectivity index (χ1v) is 16.0. The average Bonchev–Trinajstić information content (AvgIpc) is 3.19. The zero-order valence-electron chi connectivity index (χ0n) is 22.5. The topological polar surface area (TPSA) is 162 Å². The second-order valence-corrected chi connectivity index (χ2v) is 10.2. The fourth-order valence-corrected chi connectivity index (χ4v) is 4.04. The standard InChI is InChI=1S/C22H28F3N6O7P.CH3.Sb/c1-22(3-4-22)27-21(33)38-17-6-12(5-14(17)23)15-8-19(31(29-15)11-37-39(34)35)26-20(32)16-7-13(28-30(16)2)9-36-10-18(24)25;;/h6-8,14,17-18,34-35H,3-5,9-11H2,1-2H3,(H,26,32)(H,27,33);1H3;. The molecule has 226 valence electrons. The van der Waals surface area contributed by atoms with Crippen molar-refractivity contribution in [1.82, 2.24) is 24.9 Å². The van der Waals surface area contributed by atoms with Crippen molar-refractivity contribution in [2.24, 2.45) is 7.05 Å². The quantitative estimate of drug-likeness (QED) is 0.192. The summed E-state index contributed by atoms with van der Waals surface area (Å²) in [6, 6.07) is 2.79. The van der Waals surface area contributed by atoms with Crippen molar-refractivity contribution < 1.29 is 46.5 Å². The van der Waals surface area contributed by atoms with Gasteiger partial charge in [0.1, 0.15) is 31.0 Å². The number of halogens is 3. The molecule has 0 spiro atoms. The average molecular weight is 713 g/mol. The summed E-state index contributed by atoms with van der Waals surface area (Å²) >= 11 is 1.75. The van der Waals surface area contributed by atoms with Gasteiger partial charge in [-0.05, 0) is 37.5 Å². The van der Waals surface area contributed by atoms with E-state index in [4.69, 9.17) is 23.8 Å². The molecule has 13 nitrogen and oxygen atoms in total. The predicted molar refractivity (Wildman–Crippen MR) is 142 cm³/mol. The van der Waals surface area contributed by atoms with Crippen LogP contribution in [0, 0.1) is 0 Å². The Hall–Kier alpha value is -2.22. The van der Waals surface area contributed by atoms with Crippen LogP contribution >= 0.6 is 8.60 Å². The summed E-state index contributed by atoms with van der Waals surface area (Å²) in [6.45, 7) is 0.403. The van der Waals surface area contributed by atoms with Gasteiger partial charge in [-0.3, -0.25) is 14.0 Å². The SMILES string of the molecule is Cn1nc(COCC(F)F)cc1C(=O)Nc1cc(C2=CC(OC(=O)NC3(C)CC3)C(F)C2)nn1COP(O)O.[CH3][Sb]. The number of hydrogen-bond acceptors (Lipinski definition) is 9. The Morgan fingerprint density at radius 2 is 1.98 bits per heavy atom. The molecule has 1 saturated carbocycles.